The number of hydrogen-bond donors (Lipinski definition) is 1. The molecule has 0 fully saturated rings. The van der Waals surface area contributed by atoms with Crippen molar-refractivity contribution in [3.63, 3.8) is 0 Å². The summed E-state index contributed by atoms with van der Waals surface area (Å²) in [6.07, 6.45) is 2.99. The lowest BCUT2D eigenvalue weighted by molar-refractivity contribution is -0.385. The van der Waals surface area contributed by atoms with Crippen LogP contribution in [-0.4, -0.2) is 30.4 Å². The summed E-state index contributed by atoms with van der Waals surface area (Å²) in [6.45, 7) is 1.94. The lowest BCUT2D eigenvalue weighted by Gasteiger charge is -2.04. The van der Waals surface area contributed by atoms with Gasteiger partial charge in [0.1, 0.15) is 17.7 Å². The number of rotatable bonds is 7. The third kappa shape index (κ3) is 4.60. The van der Waals surface area contributed by atoms with E-state index in [2.05, 4.69) is 31.4 Å². The Balaban J connectivity index is 1.60. The third-order valence-corrected chi connectivity index (χ3v) is 4.53. The van der Waals surface area contributed by atoms with E-state index in [9.17, 15) is 19.3 Å². The number of nitrogens with zero attached hydrogens (tertiary/aromatic N) is 5. The molecule has 0 saturated heterocycles. The molecule has 28 heavy (non-hydrogen) atoms. The minimum atomic E-state index is -0.516. The van der Waals surface area contributed by atoms with Crippen LogP contribution < -0.4 is 5.32 Å². The second-order valence-corrected chi connectivity index (χ2v) is 6.89. The lowest BCUT2D eigenvalue weighted by Crippen LogP contribution is -2.15. The number of carbonyl (C=O) groups is 1. The van der Waals surface area contributed by atoms with Gasteiger partial charge in [-0.05, 0) is 28.9 Å². The molecule has 0 saturated carbocycles. The van der Waals surface area contributed by atoms with E-state index in [1.165, 1.54) is 28.6 Å². The van der Waals surface area contributed by atoms with Gasteiger partial charge in [-0.15, -0.1) is 0 Å². The molecule has 1 aromatic carbocycles. The Bertz CT molecular complexity index is 1030. The number of halogens is 2. The molecule has 1 amide bonds. The summed E-state index contributed by atoms with van der Waals surface area (Å²) in [7, 11) is 0. The molecule has 0 unspecified atom stereocenters. The summed E-state index contributed by atoms with van der Waals surface area (Å²) in [5.41, 5.74) is 0.682. The van der Waals surface area contributed by atoms with E-state index >= 15 is 0 Å². The molecule has 0 atom stereocenters. The Morgan fingerprint density at radius 3 is 2.71 bits per heavy atom. The van der Waals surface area contributed by atoms with Crippen LogP contribution in [-0.2, 0) is 17.9 Å². The maximum absolute atomic E-state index is 13.8. The zero-order valence-corrected chi connectivity index (χ0v) is 16.4. The number of amides is 1. The Hall–Kier alpha value is -3.08. The van der Waals surface area contributed by atoms with Gasteiger partial charge in [0.2, 0.25) is 5.91 Å². The van der Waals surface area contributed by atoms with E-state index in [4.69, 9.17) is 0 Å². The fourth-order valence-electron chi connectivity index (χ4n) is 2.58. The first-order valence-corrected chi connectivity index (χ1v) is 9.07. The topological polar surface area (TPSA) is 108 Å². The van der Waals surface area contributed by atoms with E-state index in [0.717, 1.165) is 0 Å². The van der Waals surface area contributed by atoms with E-state index < -0.39 is 4.92 Å². The molecule has 0 spiro atoms. The predicted octanol–water partition coefficient (Wildman–Crippen LogP) is 3.27. The zero-order valence-electron chi connectivity index (χ0n) is 14.8. The Morgan fingerprint density at radius 1 is 1.29 bits per heavy atom. The quantitative estimate of drug-likeness (QED) is 0.438. The van der Waals surface area contributed by atoms with Gasteiger partial charge in [-0.25, -0.2) is 4.39 Å². The van der Waals surface area contributed by atoms with E-state index in [1.807, 2.05) is 0 Å². The molecule has 0 bridgehead atoms. The lowest BCUT2D eigenvalue weighted by atomic mass is 10.2. The Labute approximate surface area is 167 Å². The standard InChI is InChI=1S/C17H16BrFN6O3/c1-11-15(25(27)28)10-23(21-11)7-6-16(26)20-17-13(18)9-24(22-17)8-12-4-2-3-5-14(12)19/h2-5,9-10H,6-8H2,1H3,(H,20,22,26). The number of aryl methyl sites for hydroxylation is 2. The highest BCUT2D eigenvalue weighted by Gasteiger charge is 2.16. The molecule has 11 heteroatoms. The second kappa shape index (κ2) is 8.30. The molecule has 9 nitrogen and oxygen atoms in total. The molecule has 0 aliphatic rings. The van der Waals surface area contributed by atoms with Crippen LogP contribution in [0.25, 0.3) is 0 Å². The van der Waals surface area contributed by atoms with Crippen LogP contribution in [0.4, 0.5) is 15.9 Å². The summed E-state index contributed by atoms with van der Waals surface area (Å²) in [5.74, 6) is -0.347. The smallest absolute Gasteiger partial charge is 0.308 e. The SMILES string of the molecule is Cc1nn(CCC(=O)Nc2nn(Cc3ccccc3F)cc2Br)cc1[N+](=O)[O-]. The fourth-order valence-corrected chi connectivity index (χ4v) is 2.99. The highest BCUT2D eigenvalue weighted by molar-refractivity contribution is 9.10. The Morgan fingerprint density at radius 2 is 2.04 bits per heavy atom. The maximum Gasteiger partial charge on any atom is 0.309 e. The van der Waals surface area contributed by atoms with Crippen LogP contribution in [0.5, 0.6) is 0 Å². The van der Waals surface area contributed by atoms with Crippen LogP contribution in [0.2, 0.25) is 0 Å². The number of benzene rings is 1. The van der Waals surface area contributed by atoms with Crippen LogP contribution in [0.1, 0.15) is 17.7 Å². The van der Waals surface area contributed by atoms with Crippen molar-refractivity contribution in [2.45, 2.75) is 26.4 Å². The highest BCUT2D eigenvalue weighted by Crippen LogP contribution is 2.21. The number of aromatic nitrogens is 4. The van der Waals surface area contributed by atoms with Crippen LogP contribution in [0, 0.1) is 22.9 Å². The monoisotopic (exact) mass is 450 g/mol. The van der Waals surface area contributed by atoms with Crippen molar-refractivity contribution in [1.82, 2.24) is 19.6 Å². The summed E-state index contributed by atoms with van der Waals surface area (Å²) in [6, 6.07) is 6.38. The van der Waals surface area contributed by atoms with Gasteiger partial charge in [-0.1, -0.05) is 18.2 Å². The van der Waals surface area contributed by atoms with Crippen LogP contribution in [0.3, 0.4) is 0 Å². The normalized spacial score (nSPS) is 10.8. The molecule has 0 aliphatic carbocycles. The molecule has 1 N–H and O–H groups in total. The third-order valence-electron chi connectivity index (χ3n) is 3.95. The molecule has 2 aromatic heterocycles. The van der Waals surface area contributed by atoms with Crippen molar-refractivity contribution in [2.24, 2.45) is 0 Å². The van der Waals surface area contributed by atoms with Crippen molar-refractivity contribution in [2.75, 3.05) is 5.32 Å². The van der Waals surface area contributed by atoms with E-state index in [0.29, 0.717) is 21.5 Å². The van der Waals surface area contributed by atoms with Gasteiger partial charge in [0.25, 0.3) is 0 Å². The van der Waals surface area contributed by atoms with Gasteiger partial charge in [-0.2, -0.15) is 10.2 Å². The Kier molecular flexibility index (Phi) is 5.83. The fraction of sp³-hybridized carbons (Fsp3) is 0.235. The van der Waals surface area contributed by atoms with Crippen LogP contribution in [0.15, 0.2) is 41.1 Å². The number of nitro groups is 1. The first-order chi connectivity index (χ1) is 13.3. The average Bonchev–Trinajstić information content (AvgIpc) is 3.18. The average molecular weight is 451 g/mol. The molecular formula is C17H16BrFN6O3. The number of carbonyl (C=O) groups excluding carboxylic acids is 1. The summed E-state index contributed by atoms with van der Waals surface area (Å²) >= 11 is 3.32. The first kappa shape index (κ1) is 19.7. The van der Waals surface area contributed by atoms with Gasteiger partial charge in [0.05, 0.1) is 15.9 Å². The number of anilines is 1. The molecule has 2 heterocycles. The molecule has 3 aromatic rings. The highest BCUT2D eigenvalue weighted by atomic mass is 79.9. The minimum absolute atomic E-state index is 0.0604. The number of nitrogens with one attached hydrogen (secondary N) is 1. The van der Waals surface area contributed by atoms with Gasteiger partial charge < -0.3 is 5.32 Å². The maximum atomic E-state index is 13.8. The van der Waals surface area contributed by atoms with Crippen molar-refractivity contribution < 1.29 is 14.1 Å². The van der Waals surface area contributed by atoms with E-state index in [1.54, 1.807) is 24.4 Å². The first-order valence-electron chi connectivity index (χ1n) is 8.28. The molecule has 146 valence electrons. The molecule has 3 rings (SSSR count). The van der Waals surface area contributed by atoms with Crippen molar-refractivity contribution in [3.05, 3.63) is 68.3 Å². The van der Waals surface area contributed by atoms with Crippen LogP contribution >= 0.6 is 15.9 Å². The summed E-state index contributed by atoms with van der Waals surface area (Å²) in [5, 5.41) is 21.8. The van der Waals surface area contributed by atoms with Gasteiger partial charge >= 0.3 is 5.69 Å². The van der Waals surface area contributed by atoms with Gasteiger partial charge in [0, 0.05) is 24.7 Å². The van der Waals surface area contributed by atoms with Gasteiger partial charge in [0.15, 0.2) is 5.82 Å². The van der Waals surface area contributed by atoms with Crippen molar-refractivity contribution in [1.29, 1.82) is 0 Å². The minimum Gasteiger partial charge on any atom is -0.308 e. The van der Waals surface area contributed by atoms with Gasteiger partial charge in [-0.3, -0.25) is 24.3 Å². The largest absolute Gasteiger partial charge is 0.309 e. The van der Waals surface area contributed by atoms with Crippen molar-refractivity contribution >= 4 is 33.3 Å². The second-order valence-electron chi connectivity index (χ2n) is 6.03. The molecule has 0 aliphatic heterocycles. The predicted molar refractivity (Wildman–Crippen MR) is 102 cm³/mol. The zero-order chi connectivity index (χ0) is 20.3. The summed E-state index contributed by atoms with van der Waals surface area (Å²) < 4.78 is 17.2. The molecule has 0 radical (unpaired) electrons. The molecular weight excluding hydrogens is 435 g/mol. The van der Waals surface area contributed by atoms with E-state index in [-0.39, 0.29) is 36.9 Å². The summed E-state index contributed by atoms with van der Waals surface area (Å²) in [4.78, 5) is 22.5. The van der Waals surface area contributed by atoms with Crippen molar-refractivity contribution in [3.8, 4) is 0 Å². The number of hydrogen-bond acceptors (Lipinski definition) is 5.